The van der Waals surface area contributed by atoms with Crippen molar-refractivity contribution in [2.45, 2.75) is 36.6 Å². The highest BCUT2D eigenvalue weighted by molar-refractivity contribution is 7.89. The number of carbonyl (C=O) groups is 1. The Balaban J connectivity index is 2.42. The largest absolute Gasteiger partial charge is 0.339 e. The smallest absolute Gasteiger partial charge is 0.256 e. The molecule has 21 heavy (non-hydrogen) atoms. The molecule has 0 atom stereocenters. The van der Waals surface area contributed by atoms with Gasteiger partial charge in [0.25, 0.3) is 5.91 Å². The third-order valence-electron chi connectivity index (χ3n) is 3.75. The fraction of sp³-hybridized carbons (Fsp3) is 0.462. The summed E-state index contributed by atoms with van der Waals surface area (Å²) >= 11 is 0. The lowest BCUT2D eigenvalue weighted by molar-refractivity contribution is 0.0729. The van der Waals surface area contributed by atoms with Crippen LogP contribution < -0.4 is 5.14 Å². The van der Waals surface area contributed by atoms with E-state index in [0.717, 1.165) is 31.7 Å². The number of amides is 1. The summed E-state index contributed by atoms with van der Waals surface area (Å²) in [6, 6.07) is 1.21. The molecule has 2 rings (SSSR count). The zero-order chi connectivity index (χ0) is 15.8. The third-order valence-corrected chi connectivity index (χ3v) is 4.65. The SMILES string of the molecule is CN(C(=O)c1cc(S(N)(=O)=O)cc(F)c1F)C1CCCC1. The van der Waals surface area contributed by atoms with Gasteiger partial charge in [0.2, 0.25) is 10.0 Å². The molecule has 1 aromatic rings. The van der Waals surface area contributed by atoms with Crippen LogP contribution in [0.3, 0.4) is 0 Å². The Labute approximate surface area is 121 Å². The molecule has 1 fully saturated rings. The number of carbonyl (C=O) groups excluding carboxylic acids is 1. The molecular weight excluding hydrogens is 302 g/mol. The molecule has 5 nitrogen and oxygen atoms in total. The average molecular weight is 318 g/mol. The monoisotopic (exact) mass is 318 g/mol. The molecule has 1 aliphatic carbocycles. The molecule has 2 N–H and O–H groups in total. The second kappa shape index (κ2) is 5.69. The van der Waals surface area contributed by atoms with Crippen LogP contribution in [-0.2, 0) is 10.0 Å². The van der Waals surface area contributed by atoms with E-state index in [1.807, 2.05) is 0 Å². The van der Waals surface area contributed by atoms with Crippen LogP contribution in [-0.4, -0.2) is 32.3 Å². The molecule has 1 aromatic carbocycles. The van der Waals surface area contributed by atoms with E-state index in [1.165, 1.54) is 11.9 Å². The minimum atomic E-state index is -4.22. The van der Waals surface area contributed by atoms with E-state index in [9.17, 15) is 22.0 Å². The van der Waals surface area contributed by atoms with E-state index in [0.29, 0.717) is 6.07 Å². The van der Waals surface area contributed by atoms with Crippen LogP contribution in [0.15, 0.2) is 17.0 Å². The maximum absolute atomic E-state index is 13.8. The summed E-state index contributed by atoms with van der Waals surface area (Å²) in [6.45, 7) is 0. The molecule has 0 unspecified atom stereocenters. The molecule has 8 heteroatoms. The summed E-state index contributed by atoms with van der Waals surface area (Å²) in [6.07, 6.45) is 3.52. The van der Waals surface area contributed by atoms with Gasteiger partial charge in [0.1, 0.15) is 0 Å². The molecule has 1 saturated carbocycles. The predicted molar refractivity (Wildman–Crippen MR) is 72.1 cm³/mol. The Hall–Kier alpha value is -1.54. The molecular formula is C13H16F2N2O3S. The van der Waals surface area contributed by atoms with Gasteiger partial charge in [-0.05, 0) is 25.0 Å². The van der Waals surface area contributed by atoms with Crippen LogP contribution >= 0.6 is 0 Å². The number of benzene rings is 1. The number of nitrogens with two attached hydrogens (primary N) is 1. The van der Waals surface area contributed by atoms with E-state index in [1.54, 1.807) is 0 Å². The van der Waals surface area contributed by atoms with Crippen molar-refractivity contribution in [1.82, 2.24) is 4.90 Å². The van der Waals surface area contributed by atoms with Gasteiger partial charge in [-0.1, -0.05) is 12.8 Å². The lowest BCUT2D eigenvalue weighted by atomic mass is 10.1. The van der Waals surface area contributed by atoms with Crippen molar-refractivity contribution >= 4 is 15.9 Å². The normalized spacial score (nSPS) is 16.2. The number of rotatable bonds is 3. The number of sulfonamides is 1. The van der Waals surface area contributed by atoms with Gasteiger partial charge in [-0.25, -0.2) is 22.3 Å². The van der Waals surface area contributed by atoms with Gasteiger partial charge in [-0.15, -0.1) is 0 Å². The quantitative estimate of drug-likeness (QED) is 0.919. The standard InChI is InChI=1S/C13H16F2N2O3S/c1-17(8-4-2-3-5-8)13(18)10-6-9(21(16,19)20)7-11(14)12(10)15/h6-8H,2-5H2,1H3,(H2,16,19,20). The lowest BCUT2D eigenvalue weighted by Gasteiger charge is -2.24. The zero-order valence-electron chi connectivity index (χ0n) is 11.5. The lowest BCUT2D eigenvalue weighted by Crippen LogP contribution is -2.36. The van der Waals surface area contributed by atoms with Crippen molar-refractivity contribution in [3.8, 4) is 0 Å². The van der Waals surface area contributed by atoms with Crippen molar-refractivity contribution < 1.29 is 22.0 Å². The van der Waals surface area contributed by atoms with Gasteiger partial charge in [0, 0.05) is 13.1 Å². The van der Waals surface area contributed by atoms with Crippen LogP contribution in [0.4, 0.5) is 8.78 Å². The van der Waals surface area contributed by atoms with Crippen LogP contribution in [0.2, 0.25) is 0 Å². The molecule has 116 valence electrons. The van der Waals surface area contributed by atoms with E-state index in [2.05, 4.69) is 0 Å². The fourth-order valence-electron chi connectivity index (χ4n) is 2.53. The Bertz CT molecular complexity index is 670. The number of primary sulfonamides is 1. The van der Waals surface area contributed by atoms with Crippen LogP contribution in [0, 0.1) is 11.6 Å². The summed E-state index contributed by atoms with van der Waals surface area (Å²) in [5, 5.41) is 4.90. The molecule has 1 amide bonds. The van der Waals surface area contributed by atoms with Gasteiger partial charge in [-0.2, -0.15) is 0 Å². The van der Waals surface area contributed by atoms with Gasteiger partial charge in [0.15, 0.2) is 11.6 Å². The molecule has 1 aliphatic rings. The summed E-state index contributed by atoms with van der Waals surface area (Å²) in [5.74, 6) is -3.52. The minimum Gasteiger partial charge on any atom is -0.339 e. The molecule has 0 heterocycles. The predicted octanol–water partition coefficient (Wildman–Crippen LogP) is 1.63. The Kier molecular flexibility index (Phi) is 4.29. The Morgan fingerprint density at radius 3 is 2.38 bits per heavy atom. The first-order valence-electron chi connectivity index (χ1n) is 6.51. The minimum absolute atomic E-state index is 0.0434. The third kappa shape index (κ3) is 3.21. The van der Waals surface area contributed by atoms with Crippen molar-refractivity contribution in [1.29, 1.82) is 0 Å². The van der Waals surface area contributed by atoms with Gasteiger partial charge >= 0.3 is 0 Å². The molecule has 0 aliphatic heterocycles. The highest BCUT2D eigenvalue weighted by Crippen LogP contribution is 2.25. The first kappa shape index (κ1) is 15.8. The first-order chi connectivity index (χ1) is 9.71. The summed E-state index contributed by atoms with van der Waals surface area (Å²) in [7, 11) is -2.72. The topological polar surface area (TPSA) is 80.5 Å². The van der Waals surface area contributed by atoms with Crippen LogP contribution in [0.1, 0.15) is 36.0 Å². The van der Waals surface area contributed by atoms with Crippen molar-refractivity contribution in [2.24, 2.45) is 5.14 Å². The summed E-state index contributed by atoms with van der Waals surface area (Å²) in [5.41, 5.74) is -0.617. The van der Waals surface area contributed by atoms with Crippen molar-refractivity contribution in [3.63, 3.8) is 0 Å². The molecule has 0 radical (unpaired) electrons. The first-order valence-corrected chi connectivity index (χ1v) is 8.05. The zero-order valence-corrected chi connectivity index (χ0v) is 12.3. The maximum atomic E-state index is 13.8. The van der Waals surface area contributed by atoms with E-state index in [4.69, 9.17) is 5.14 Å². The molecule has 0 saturated heterocycles. The second-order valence-corrected chi connectivity index (χ2v) is 6.73. The second-order valence-electron chi connectivity index (χ2n) is 5.17. The average Bonchev–Trinajstić information content (AvgIpc) is 2.92. The highest BCUT2D eigenvalue weighted by atomic mass is 32.2. The van der Waals surface area contributed by atoms with E-state index < -0.39 is 38.0 Å². The van der Waals surface area contributed by atoms with Gasteiger partial charge in [-0.3, -0.25) is 4.79 Å². The van der Waals surface area contributed by atoms with Crippen LogP contribution in [0.5, 0.6) is 0 Å². The van der Waals surface area contributed by atoms with Gasteiger partial charge in [0.05, 0.1) is 10.5 Å². The van der Waals surface area contributed by atoms with Crippen molar-refractivity contribution in [2.75, 3.05) is 7.05 Å². The van der Waals surface area contributed by atoms with E-state index in [-0.39, 0.29) is 6.04 Å². The van der Waals surface area contributed by atoms with Crippen LogP contribution in [0.25, 0.3) is 0 Å². The number of nitrogens with zero attached hydrogens (tertiary/aromatic N) is 1. The van der Waals surface area contributed by atoms with E-state index >= 15 is 0 Å². The Morgan fingerprint density at radius 1 is 1.29 bits per heavy atom. The molecule has 0 bridgehead atoms. The molecule has 0 aromatic heterocycles. The van der Waals surface area contributed by atoms with Crippen molar-refractivity contribution in [3.05, 3.63) is 29.3 Å². The van der Waals surface area contributed by atoms with Gasteiger partial charge < -0.3 is 4.90 Å². The number of halogens is 2. The summed E-state index contributed by atoms with van der Waals surface area (Å²) < 4.78 is 49.8. The highest BCUT2D eigenvalue weighted by Gasteiger charge is 2.28. The summed E-state index contributed by atoms with van der Waals surface area (Å²) in [4.78, 5) is 13.0. The molecule has 0 spiro atoms. The number of hydrogen-bond acceptors (Lipinski definition) is 3. The maximum Gasteiger partial charge on any atom is 0.256 e. The fourth-order valence-corrected chi connectivity index (χ4v) is 3.08. The number of hydrogen-bond donors (Lipinski definition) is 1. The Morgan fingerprint density at radius 2 is 1.86 bits per heavy atom.